The van der Waals surface area contributed by atoms with Gasteiger partial charge in [0.05, 0.1) is 5.69 Å². The largest absolute Gasteiger partial charge is 0.319 e. The van der Waals surface area contributed by atoms with Gasteiger partial charge in [-0.15, -0.1) is 0 Å². The van der Waals surface area contributed by atoms with Crippen molar-refractivity contribution in [2.45, 2.75) is 6.92 Å². The molecule has 92 valence electrons. The molecule has 2 nitrogen and oxygen atoms in total. The topological polar surface area (TPSA) is 29.1 Å². The summed E-state index contributed by atoms with van der Waals surface area (Å²) >= 11 is 3.33. The zero-order chi connectivity index (χ0) is 13.1. The Balaban J connectivity index is 2.25. The normalized spacial score (nSPS) is 10.2. The average Bonchev–Trinajstić information content (AvgIpc) is 2.31. The first kappa shape index (κ1) is 12.8. The number of rotatable bonds is 2. The number of benzene rings is 2. The van der Waals surface area contributed by atoms with Crippen LogP contribution in [0.15, 0.2) is 46.9 Å². The van der Waals surface area contributed by atoms with E-state index in [1.165, 1.54) is 12.1 Å². The Kier molecular flexibility index (Phi) is 3.77. The number of hydrogen-bond donors (Lipinski definition) is 1. The van der Waals surface area contributed by atoms with Crippen LogP contribution in [0.25, 0.3) is 0 Å². The van der Waals surface area contributed by atoms with Gasteiger partial charge in [-0.3, -0.25) is 4.79 Å². The maximum absolute atomic E-state index is 13.4. The van der Waals surface area contributed by atoms with Crippen LogP contribution < -0.4 is 5.32 Å². The van der Waals surface area contributed by atoms with E-state index in [1.54, 1.807) is 24.3 Å². The van der Waals surface area contributed by atoms with Gasteiger partial charge in [0.25, 0.3) is 5.91 Å². The third kappa shape index (κ3) is 2.96. The number of hydrogen-bond acceptors (Lipinski definition) is 1. The van der Waals surface area contributed by atoms with Crippen molar-refractivity contribution in [3.05, 3.63) is 63.9 Å². The van der Waals surface area contributed by atoms with Gasteiger partial charge in [-0.25, -0.2) is 4.39 Å². The molecule has 2 aromatic rings. The van der Waals surface area contributed by atoms with Crippen LogP contribution in [-0.4, -0.2) is 5.91 Å². The molecule has 0 atom stereocenters. The maximum Gasteiger partial charge on any atom is 0.255 e. The molecule has 0 aliphatic carbocycles. The van der Waals surface area contributed by atoms with E-state index in [2.05, 4.69) is 21.2 Å². The molecular formula is C14H11BrFNO. The molecule has 1 N–H and O–H groups in total. The summed E-state index contributed by atoms with van der Waals surface area (Å²) in [6.07, 6.45) is 0. The standard InChI is InChI=1S/C14H11BrFNO/c1-9-6-10(8-11(15)7-9)14(18)17-13-5-3-2-4-12(13)16/h2-8H,1H3,(H,17,18). The molecule has 0 unspecified atom stereocenters. The lowest BCUT2D eigenvalue weighted by atomic mass is 10.1. The van der Waals surface area contributed by atoms with Crippen LogP contribution in [0.3, 0.4) is 0 Å². The Morgan fingerprint density at radius 2 is 1.94 bits per heavy atom. The Labute approximate surface area is 113 Å². The third-order valence-corrected chi connectivity index (χ3v) is 2.88. The Hall–Kier alpha value is -1.68. The molecule has 0 bridgehead atoms. The fraction of sp³-hybridized carbons (Fsp3) is 0.0714. The van der Waals surface area contributed by atoms with Gasteiger partial charge in [0.15, 0.2) is 0 Å². The monoisotopic (exact) mass is 307 g/mol. The highest BCUT2D eigenvalue weighted by Gasteiger charge is 2.09. The number of amides is 1. The molecule has 0 aliphatic rings. The zero-order valence-electron chi connectivity index (χ0n) is 9.71. The molecule has 0 radical (unpaired) electrons. The fourth-order valence-corrected chi connectivity index (χ4v) is 2.23. The van der Waals surface area contributed by atoms with Crippen LogP contribution >= 0.6 is 15.9 Å². The molecule has 4 heteroatoms. The first-order chi connectivity index (χ1) is 8.56. The van der Waals surface area contributed by atoms with Gasteiger partial charge in [-0.1, -0.05) is 28.1 Å². The minimum absolute atomic E-state index is 0.181. The van der Waals surface area contributed by atoms with Gasteiger partial charge >= 0.3 is 0 Å². The lowest BCUT2D eigenvalue weighted by Crippen LogP contribution is -2.13. The van der Waals surface area contributed by atoms with Crippen molar-refractivity contribution in [2.24, 2.45) is 0 Å². The van der Waals surface area contributed by atoms with Crippen molar-refractivity contribution in [3.8, 4) is 0 Å². The SMILES string of the molecule is Cc1cc(Br)cc(C(=O)Nc2ccccc2F)c1. The highest BCUT2D eigenvalue weighted by molar-refractivity contribution is 9.10. The van der Waals surface area contributed by atoms with Crippen molar-refractivity contribution in [2.75, 3.05) is 5.32 Å². The highest BCUT2D eigenvalue weighted by atomic mass is 79.9. The van der Waals surface area contributed by atoms with Gasteiger partial charge in [-0.05, 0) is 42.8 Å². The fourth-order valence-electron chi connectivity index (χ4n) is 1.62. The predicted molar refractivity (Wildman–Crippen MR) is 73.2 cm³/mol. The summed E-state index contributed by atoms with van der Waals surface area (Å²) in [5.41, 5.74) is 1.63. The molecule has 0 aliphatic heterocycles. The number of anilines is 1. The first-order valence-corrected chi connectivity index (χ1v) is 6.18. The van der Waals surface area contributed by atoms with E-state index in [0.717, 1.165) is 10.0 Å². The second-order valence-electron chi connectivity index (χ2n) is 3.95. The van der Waals surface area contributed by atoms with Crippen molar-refractivity contribution < 1.29 is 9.18 Å². The molecule has 2 rings (SSSR count). The molecule has 18 heavy (non-hydrogen) atoms. The van der Waals surface area contributed by atoms with Crippen LogP contribution in [0.4, 0.5) is 10.1 Å². The molecule has 0 saturated heterocycles. The molecule has 1 amide bonds. The zero-order valence-corrected chi connectivity index (χ0v) is 11.3. The van der Waals surface area contributed by atoms with Crippen LogP contribution in [0.5, 0.6) is 0 Å². The van der Waals surface area contributed by atoms with E-state index in [0.29, 0.717) is 5.56 Å². The number of carbonyl (C=O) groups excluding carboxylic acids is 1. The number of halogens is 2. The summed E-state index contributed by atoms with van der Waals surface area (Å²) in [6.45, 7) is 1.89. The minimum Gasteiger partial charge on any atom is -0.319 e. The summed E-state index contributed by atoms with van der Waals surface area (Å²) < 4.78 is 14.2. The lowest BCUT2D eigenvalue weighted by molar-refractivity contribution is 0.102. The van der Waals surface area contributed by atoms with E-state index < -0.39 is 5.82 Å². The second-order valence-corrected chi connectivity index (χ2v) is 4.87. The van der Waals surface area contributed by atoms with Crippen molar-refractivity contribution >= 4 is 27.5 Å². The first-order valence-electron chi connectivity index (χ1n) is 5.39. The van der Waals surface area contributed by atoms with E-state index in [4.69, 9.17) is 0 Å². The Morgan fingerprint density at radius 3 is 2.61 bits per heavy atom. The number of carbonyl (C=O) groups is 1. The second kappa shape index (κ2) is 5.31. The average molecular weight is 308 g/mol. The van der Waals surface area contributed by atoms with E-state index in [9.17, 15) is 9.18 Å². The molecule has 0 fully saturated rings. The van der Waals surface area contributed by atoms with Crippen LogP contribution in [0, 0.1) is 12.7 Å². The number of nitrogens with one attached hydrogen (secondary N) is 1. The van der Waals surface area contributed by atoms with Gasteiger partial charge in [0, 0.05) is 10.0 Å². The van der Waals surface area contributed by atoms with Gasteiger partial charge in [0.2, 0.25) is 0 Å². The summed E-state index contributed by atoms with van der Waals surface area (Å²) in [4.78, 5) is 12.0. The van der Waals surface area contributed by atoms with Crippen molar-refractivity contribution in [1.82, 2.24) is 0 Å². The van der Waals surface area contributed by atoms with E-state index in [1.807, 2.05) is 13.0 Å². The number of para-hydroxylation sites is 1. The van der Waals surface area contributed by atoms with E-state index in [-0.39, 0.29) is 11.6 Å². The smallest absolute Gasteiger partial charge is 0.255 e. The molecule has 2 aromatic carbocycles. The summed E-state index contributed by atoms with van der Waals surface area (Å²) in [5.74, 6) is -0.776. The highest BCUT2D eigenvalue weighted by Crippen LogP contribution is 2.18. The van der Waals surface area contributed by atoms with Crippen LogP contribution in [-0.2, 0) is 0 Å². The number of aryl methyl sites for hydroxylation is 1. The summed E-state index contributed by atoms with van der Waals surface area (Å²) in [6, 6.07) is 11.4. The molecule has 0 saturated carbocycles. The van der Waals surface area contributed by atoms with Crippen LogP contribution in [0.2, 0.25) is 0 Å². The van der Waals surface area contributed by atoms with Crippen molar-refractivity contribution in [3.63, 3.8) is 0 Å². The molecular weight excluding hydrogens is 297 g/mol. The van der Waals surface area contributed by atoms with E-state index >= 15 is 0 Å². The molecule has 0 heterocycles. The van der Waals surface area contributed by atoms with Gasteiger partial charge < -0.3 is 5.32 Å². The van der Waals surface area contributed by atoms with Crippen LogP contribution in [0.1, 0.15) is 15.9 Å². The molecule has 0 aromatic heterocycles. The summed E-state index contributed by atoms with van der Waals surface area (Å²) in [5, 5.41) is 2.55. The van der Waals surface area contributed by atoms with Gasteiger partial charge in [-0.2, -0.15) is 0 Å². The predicted octanol–water partition coefficient (Wildman–Crippen LogP) is 4.15. The quantitative estimate of drug-likeness (QED) is 0.887. The third-order valence-electron chi connectivity index (χ3n) is 2.43. The van der Waals surface area contributed by atoms with Gasteiger partial charge in [0.1, 0.15) is 5.82 Å². The van der Waals surface area contributed by atoms with Crippen molar-refractivity contribution in [1.29, 1.82) is 0 Å². The lowest BCUT2D eigenvalue weighted by Gasteiger charge is -2.07. The molecule has 0 spiro atoms. The Bertz CT molecular complexity index is 578. The summed E-state index contributed by atoms with van der Waals surface area (Å²) in [7, 11) is 0. The minimum atomic E-state index is -0.447. The maximum atomic E-state index is 13.4. The Morgan fingerprint density at radius 1 is 1.22 bits per heavy atom.